The zero-order valence-electron chi connectivity index (χ0n) is 8.82. The predicted octanol–water partition coefficient (Wildman–Crippen LogP) is 1.68. The van der Waals surface area contributed by atoms with E-state index in [4.69, 9.17) is 0 Å². The molecule has 0 spiro atoms. The van der Waals surface area contributed by atoms with E-state index in [1.807, 2.05) is 13.0 Å². The molecular formula is C10H14N2O2S. The Morgan fingerprint density at radius 2 is 2.07 bits per heavy atom. The molecule has 0 aromatic carbocycles. The van der Waals surface area contributed by atoms with Crippen LogP contribution in [0.3, 0.4) is 0 Å². The molecule has 0 bridgehead atoms. The van der Waals surface area contributed by atoms with Gasteiger partial charge in [-0.15, -0.1) is 0 Å². The molecule has 4 nitrogen and oxygen atoms in total. The molecule has 1 fully saturated rings. The van der Waals surface area contributed by atoms with Crippen molar-refractivity contribution in [1.29, 1.82) is 0 Å². The molecule has 1 aliphatic carbocycles. The fraction of sp³-hybridized carbons (Fsp3) is 0.500. The van der Waals surface area contributed by atoms with Gasteiger partial charge in [0.05, 0.1) is 4.75 Å². The van der Waals surface area contributed by atoms with Crippen LogP contribution in [0, 0.1) is 6.92 Å². The number of anilines is 1. The SMILES string of the molecule is Cc1cccc(NS(=O)(=O)C2(C)CC2)n1. The molecule has 1 heterocycles. The van der Waals surface area contributed by atoms with Gasteiger partial charge in [0.15, 0.2) is 0 Å². The molecule has 1 saturated carbocycles. The summed E-state index contributed by atoms with van der Waals surface area (Å²) < 4.78 is 25.6. The first kappa shape index (κ1) is 10.4. The van der Waals surface area contributed by atoms with Crippen LogP contribution in [0.2, 0.25) is 0 Å². The summed E-state index contributed by atoms with van der Waals surface area (Å²) in [5, 5.41) is 0. The standard InChI is InChI=1S/C10H14N2O2S/c1-8-4-3-5-9(11-8)12-15(13,14)10(2)6-7-10/h3-5H,6-7H2,1-2H3,(H,11,12). The Hall–Kier alpha value is -1.10. The number of aryl methyl sites for hydroxylation is 1. The van der Waals surface area contributed by atoms with E-state index in [2.05, 4.69) is 9.71 Å². The minimum atomic E-state index is -3.27. The van der Waals surface area contributed by atoms with Crippen molar-refractivity contribution in [2.45, 2.75) is 31.4 Å². The van der Waals surface area contributed by atoms with Crippen molar-refractivity contribution in [3.63, 3.8) is 0 Å². The van der Waals surface area contributed by atoms with Gasteiger partial charge in [-0.3, -0.25) is 4.72 Å². The summed E-state index contributed by atoms with van der Waals surface area (Å²) in [5.41, 5.74) is 0.802. The van der Waals surface area contributed by atoms with Gasteiger partial charge in [-0.1, -0.05) is 6.07 Å². The van der Waals surface area contributed by atoms with E-state index in [0.717, 1.165) is 18.5 Å². The second-order valence-corrected chi connectivity index (χ2v) is 6.42. The Kier molecular flexibility index (Phi) is 2.22. The van der Waals surface area contributed by atoms with Crippen LogP contribution in [0.4, 0.5) is 5.82 Å². The van der Waals surface area contributed by atoms with Crippen molar-refractivity contribution in [1.82, 2.24) is 4.98 Å². The first-order valence-electron chi connectivity index (χ1n) is 4.89. The van der Waals surface area contributed by atoms with Gasteiger partial charge in [-0.2, -0.15) is 0 Å². The molecule has 0 unspecified atom stereocenters. The molecule has 0 saturated heterocycles. The lowest BCUT2D eigenvalue weighted by Crippen LogP contribution is -2.27. The number of rotatable bonds is 3. The largest absolute Gasteiger partial charge is 0.267 e. The third kappa shape index (κ3) is 1.97. The summed E-state index contributed by atoms with van der Waals surface area (Å²) in [7, 11) is -3.27. The van der Waals surface area contributed by atoms with Crippen LogP contribution in [0.1, 0.15) is 25.5 Å². The lowest BCUT2D eigenvalue weighted by atomic mass is 10.4. The molecule has 0 amide bonds. The predicted molar refractivity (Wildman–Crippen MR) is 59.2 cm³/mol. The smallest absolute Gasteiger partial charge is 0.239 e. The number of sulfonamides is 1. The Morgan fingerprint density at radius 3 is 2.60 bits per heavy atom. The second-order valence-electron chi connectivity index (χ2n) is 4.22. The van der Waals surface area contributed by atoms with Gasteiger partial charge in [0.1, 0.15) is 5.82 Å². The number of nitrogens with one attached hydrogen (secondary N) is 1. The highest BCUT2D eigenvalue weighted by Gasteiger charge is 2.50. The first-order chi connectivity index (χ1) is 6.93. The van der Waals surface area contributed by atoms with E-state index in [1.165, 1.54) is 0 Å². The number of nitrogens with zero attached hydrogens (tertiary/aromatic N) is 1. The second kappa shape index (κ2) is 3.20. The van der Waals surface area contributed by atoms with Crippen LogP contribution < -0.4 is 4.72 Å². The van der Waals surface area contributed by atoms with Crippen molar-refractivity contribution >= 4 is 15.8 Å². The normalized spacial score (nSPS) is 18.5. The third-order valence-electron chi connectivity index (χ3n) is 2.73. The summed E-state index contributed by atoms with van der Waals surface area (Å²) in [6.45, 7) is 3.59. The average Bonchev–Trinajstić information content (AvgIpc) is 2.84. The number of hydrogen-bond acceptors (Lipinski definition) is 3. The molecule has 82 valence electrons. The number of aromatic nitrogens is 1. The van der Waals surface area contributed by atoms with E-state index < -0.39 is 14.8 Å². The maximum absolute atomic E-state index is 11.8. The Morgan fingerprint density at radius 1 is 1.40 bits per heavy atom. The van der Waals surface area contributed by atoms with Gasteiger partial charge >= 0.3 is 0 Å². The summed E-state index contributed by atoms with van der Waals surface area (Å²) in [6, 6.07) is 5.28. The van der Waals surface area contributed by atoms with Crippen LogP contribution in [-0.4, -0.2) is 18.1 Å². The van der Waals surface area contributed by atoms with Gasteiger partial charge in [0.25, 0.3) is 0 Å². The topological polar surface area (TPSA) is 59.1 Å². The fourth-order valence-corrected chi connectivity index (χ4v) is 2.58. The summed E-state index contributed by atoms with van der Waals surface area (Å²) >= 11 is 0. The van der Waals surface area contributed by atoms with Gasteiger partial charge < -0.3 is 0 Å². The number of hydrogen-bond donors (Lipinski definition) is 1. The Labute approximate surface area is 89.8 Å². The zero-order valence-corrected chi connectivity index (χ0v) is 9.63. The lowest BCUT2D eigenvalue weighted by Gasteiger charge is -2.12. The summed E-state index contributed by atoms with van der Waals surface area (Å²) in [6.07, 6.45) is 1.46. The maximum atomic E-state index is 11.8. The quantitative estimate of drug-likeness (QED) is 0.853. The van der Waals surface area contributed by atoms with E-state index in [0.29, 0.717) is 5.82 Å². The van der Waals surface area contributed by atoms with Gasteiger partial charge in [0, 0.05) is 5.69 Å². The molecule has 0 atom stereocenters. The van der Waals surface area contributed by atoms with Crippen LogP contribution in [-0.2, 0) is 10.0 Å². The molecule has 0 radical (unpaired) electrons. The average molecular weight is 226 g/mol. The van der Waals surface area contributed by atoms with Crippen LogP contribution >= 0.6 is 0 Å². The molecule has 2 rings (SSSR count). The van der Waals surface area contributed by atoms with Gasteiger partial charge in [0.2, 0.25) is 10.0 Å². The van der Waals surface area contributed by atoms with E-state index in [1.54, 1.807) is 19.1 Å². The Bertz CT molecular complexity index is 478. The molecule has 15 heavy (non-hydrogen) atoms. The lowest BCUT2D eigenvalue weighted by molar-refractivity contribution is 0.587. The van der Waals surface area contributed by atoms with Crippen molar-refractivity contribution < 1.29 is 8.42 Å². The molecule has 5 heteroatoms. The van der Waals surface area contributed by atoms with Crippen molar-refractivity contribution in [3.05, 3.63) is 23.9 Å². The molecule has 0 aliphatic heterocycles. The summed E-state index contributed by atoms with van der Waals surface area (Å²) in [4.78, 5) is 4.11. The van der Waals surface area contributed by atoms with Crippen LogP contribution in [0.15, 0.2) is 18.2 Å². The Balaban J connectivity index is 2.22. The highest BCUT2D eigenvalue weighted by molar-refractivity contribution is 7.94. The van der Waals surface area contributed by atoms with E-state index >= 15 is 0 Å². The van der Waals surface area contributed by atoms with E-state index in [9.17, 15) is 8.42 Å². The monoisotopic (exact) mass is 226 g/mol. The van der Waals surface area contributed by atoms with Crippen molar-refractivity contribution in [2.24, 2.45) is 0 Å². The maximum Gasteiger partial charge on any atom is 0.239 e. The van der Waals surface area contributed by atoms with Crippen molar-refractivity contribution in [2.75, 3.05) is 4.72 Å². The third-order valence-corrected chi connectivity index (χ3v) is 4.91. The van der Waals surface area contributed by atoms with Crippen molar-refractivity contribution in [3.8, 4) is 0 Å². The van der Waals surface area contributed by atoms with Crippen LogP contribution in [0.25, 0.3) is 0 Å². The minimum Gasteiger partial charge on any atom is -0.267 e. The molecular weight excluding hydrogens is 212 g/mol. The molecule has 1 aromatic heterocycles. The minimum absolute atomic E-state index is 0.406. The molecule has 1 aliphatic rings. The van der Waals surface area contributed by atoms with Gasteiger partial charge in [-0.05, 0) is 38.8 Å². The van der Waals surface area contributed by atoms with Gasteiger partial charge in [-0.25, -0.2) is 13.4 Å². The van der Waals surface area contributed by atoms with Crippen LogP contribution in [0.5, 0.6) is 0 Å². The molecule has 1 N–H and O–H groups in total. The highest BCUT2D eigenvalue weighted by Crippen LogP contribution is 2.43. The first-order valence-corrected chi connectivity index (χ1v) is 6.37. The van der Waals surface area contributed by atoms with E-state index in [-0.39, 0.29) is 0 Å². The molecule has 1 aromatic rings. The zero-order chi connectivity index (χ0) is 11.1. The highest BCUT2D eigenvalue weighted by atomic mass is 32.2. The fourth-order valence-electron chi connectivity index (χ4n) is 1.31. The summed E-state index contributed by atoms with van der Waals surface area (Å²) in [5.74, 6) is 0.406. The number of pyridine rings is 1.